The van der Waals surface area contributed by atoms with Crippen molar-refractivity contribution in [1.82, 2.24) is 9.47 Å². The maximum atomic E-state index is 11.2. The van der Waals surface area contributed by atoms with E-state index in [1.807, 2.05) is 36.4 Å². The third kappa shape index (κ3) is 4.49. The number of aromatic nitrogens is 1. The van der Waals surface area contributed by atoms with Gasteiger partial charge in [0.2, 0.25) is 0 Å². The Morgan fingerprint density at radius 1 is 0.963 bits per heavy atom. The van der Waals surface area contributed by atoms with Crippen molar-refractivity contribution in [1.29, 1.82) is 0 Å². The summed E-state index contributed by atoms with van der Waals surface area (Å²) >= 11 is 6.15. The van der Waals surface area contributed by atoms with E-state index in [2.05, 4.69) is 33.9 Å². The zero-order valence-electron chi connectivity index (χ0n) is 15.3. The van der Waals surface area contributed by atoms with Crippen LogP contribution in [0, 0.1) is 0 Å². The number of halogens is 2. The average Bonchev–Trinajstić information content (AvgIpc) is 3.06. The molecule has 2 atom stereocenters. The molecule has 1 N–H and O–H groups in total. The number of β-amino-alcohol motifs (C(OH)–C–C–N with tert-alkyl or cyclic N) is 1. The summed E-state index contributed by atoms with van der Waals surface area (Å²) in [4.78, 5) is 2.40. The largest absolute Gasteiger partial charge is 0.389 e. The second kappa shape index (κ2) is 9.11. The lowest BCUT2D eigenvalue weighted by Crippen LogP contribution is -2.40. The summed E-state index contributed by atoms with van der Waals surface area (Å²) in [5.74, 6) is 0. The minimum atomic E-state index is -0.471. The van der Waals surface area contributed by atoms with Crippen LogP contribution in [0.4, 0.5) is 0 Å². The van der Waals surface area contributed by atoms with Crippen molar-refractivity contribution in [3.63, 3.8) is 0 Å². The van der Waals surface area contributed by atoms with Crippen LogP contribution in [-0.2, 0) is 0 Å². The monoisotopic (exact) mass is 404 g/mol. The molecular weight excluding hydrogens is 379 g/mol. The van der Waals surface area contributed by atoms with Crippen LogP contribution in [0.25, 0.3) is 10.9 Å². The zero-order valence-corrected chi connectivity index (χ0v) is 16.9. The van der Waals surface area contributed by atoms with Gasteiger partial charge in [-0.05, 0) is 55.8 Å². The van der Waals surface area contributed by atoms with Crippen LogP contribution < -0.4 is 0 Å². The van der Waals surface area contributed by atoms with Crippen molar-refractivity contribution in [3.8, 4) is 0 Å². The van der Waals surface area contributed by atoms with Gasteiger partial charge in [-0.2, -0.15) is 0 Å². The molecule has 0 aliphatic carbocycles. The Balaban J connectivity index is 0.00000210. The molecule has 1 saturated heterocycles. The Morgan fingerprint density at radius 3 is 2.44 bits per heavy atom. The number of aliphatic hydroxyl groups is 1. The summed E-state index contributed by atoms with van der Waals surface area (Å²) in [6.45, 7) is 2.87. The Hall–Kier alpha value is -1.52. The number of aliphatic hydroxyl groups excluding tert-OH is 1. The van der Waals surface area contributed by atoms with Gasteiger partial charge in [0.1, 0.15) is 0 Å². The Labute approximate surface area is 172 Å². The van der Waals surface area contributed by atoms with Gasteiger partial charge < -0.3 is 14.6 Å². The van der Waals surface area contributed by atoms with E-state index in [4.69, 9.17) is 11.6 Å². The number of benzene rings is 2. The molecule has 2 aromatic carbocycles. The summed E-state index contributed by atoms with van der Waals surface area (Å²) in [5, 5.41) is 13.0. The molecule has 1 aliphatic rings. The number of rotatable bonds is 5. The number of likely N-dealkylation sites (tertiary alicyclic amines) is 1. The Morgan fingerprint density at radius 2 is 1.70 bits per heavy atom. The molecule has 27 heavy (non-hydrogen) atoms. The molecule has 1 aliphatic heterocycles. The zero-order chi connectivity index (χ0) is 17.9. The van der Waals surface area contributed by atoms with Gasteiger partial charge in [-0.3, -0.25) is 0 Å². The molecule has 0 unspecified atom stereocenters. The highest BCUT2D eigenvalue weighted by Crippen LogP contribution is 2.30. The summed E-state index contributed by atoms with van der Waals surface area (Å²) in [7, 11) is 0. The molecule has 4 rings (SSSR count). The minimum absolute atomic E-state index is 0. The molecule has 1 fully saturated rings. The topological polar surface area (TPSA) is 28.4 Å². The summed E-state index contributed by atoms with van der Waals surface area (Å²) < 4.78 is 2.19. The normalized spacial score (nSPS) is 17.4. The predicted molar refractivity (Wildman–Crippen MR) is 115 cm³/mol. The lowest BCUT2D eigenvalue weighted by Gasteiger charge is -2.33. The van der Waals surface area contributed by atoms with E-state index in [1.165, 1.54) is 19.3 Å². The summed E-state index contributed by atoms with van der Waals surface area (Å²) in [6.07, 6.45) is 5.36. The van der Waals surface area contributed by atoms with Gasteiger partial charge in [-0.1, -0.05) is 48.4 Å². The van der Waals surface area contributed by atoms with E-state index in [0.29, 0.717) is 6.54 Å². The second-order valence-electron chi connectivity index (χ2n) is 7.21. The third-order valence-electron chi connectivity index (χ3n) is 5.38. The van der Waals surface area contributed by atoms with Crippen LogP contribution in [0.1, 0.15) is 30.9 Å². The first-order valence-corrected chi connectivity index (χ1v) is 9.81. The fourth-order valence-corrected chi connectivity index (χ4v) is 4.28. The van der Waals surface area contributed by atoms with E-state index >= 15 is 0 Å². The van der Waals surface area contributed by atoms with Crippen LogP contribution in [0.2, 0.25) is 5.02 Å². The fraction of sp³-hybridized carbons (Fsp3) is 0.364. The van der Waals surface area contributed by atoms with Crippen molar-refractivity contribution >= 4 is 34.9 Å². The van der Waals surface area contributed by atoms with Crippen molar-refractivity contribution < 1.29 is 5.11 Å². The number of piperidine rings is 1. The van der Waals surface area contributed by atoms with Gasteiger partial charge in [0, 0.05) is 28.7 Å². The predicted octanol–water partition coefficient (Wildman–Crippen LogP) is 5.15. The highest BCUT2D eigenvalue weighted by atomic mass is 35.5. The highest BCUT2D eigenvalue weighted by molar-refractivity contribution is 6.31. The average molecular weight is 405 g/mol. The maximum absolute atomic E-state index is 11.2. The first-order chi connectivity index (χ1) is 12.7. The van der Waals surface area contributed by atoms with E-state index in [-0.39, 0.29) is 18.4 Å². The number of hydrogen-bond donors (Lipinski definition) is 1. The molecular formula is C22H26Cl2N2O. The molecule has 3 aromatic rings. The van der Waals surface area contributed by atoms with E-state index in [9.17, 15) is 5.11 Å². The smallest absolute Gasteiger partial charge is 0.0915 e. The van der Waals surface area contributed by atoms with Crippen molar-refractivity contribution in [2.75, 3.05) is 19.6 Å². The van der Waals surface area contributed by atoms with Gasteiger partial charge in [0.05, 0.1) is 12.1 Å². The quantitative estimate of drug-likeness (QED) is 0.636. The van der Waals surface area contributed by atoms with E-state index < -0.39 is 6.10 Å². The second-order valence-corrected chi connectivity index (χ2v) is 7.65. The van der Waals surface area contributed by atoms with Crippen LogP contribution >= 0.6 is 24.0 Å². The standard InChI is InChI=1S/C22H25ClN2O.ClH/c23-19-9-10-20-18(15-19)11-14-25(20)22(17-7-3-1-4-8-17)21(26)16-24-12-5-2-6-13-24;/h1,3-4,7-11,14-15,21-22,26H,2,5-6,12-13,16H2;1H/t21-,22+;/m1./s1. The van der Waals surface area contributed by atoms with Crippen LogP contribution in [0.15, 0.2) is 60.8 Å². The van der Waals surface area contributed by atoms with E-state index in [1.54, 1.807) is 0 Å². The van der Waals surface area contributed by atoms with Gasteiger partial charge in [-0.25, -0.2) is 0 Å². The first kappa shape index (κ1) is 20.2. The molecule has 144 valence electrons. The van der Waals surface area contributed by atoms with Crippen molar-refractivity contribution in [2.45, 2.75) is 31.4 Å². The molecule has 0 saturated carbocycles. The molecule has 5 heteroatoms. The third-order valence-corrected chi connectivity index (χ3v) is 5.62. The van der Waals surface area contributed by atoms with Crippen LogP contribution in [0.5, 0.6) is 0 Å². The lowest BCUT2D eigenvalue weighted by molar-refractivity contribution is 0.0737. The highest BCUT2D eigenvalue weighted by Gasteiger charge is 2.26. The minimum Gasteiger partial charge on any atom is -0.389 e. The first-order valence-electron chi connectivity index (χ1n) is 9.44. The molecule has 2 heterocycles. The molecule has 0 amide bonds. The lowest BCUT2D eigenvalue weighted by atomic mass is 9.99. The Bertz CT molecular complexity index is 859. The van der Waals surface area contributed by atoms with Crippen LogP contribution in [-0.4, -0.2) is 40.3 Å². The Kier molecular flexibility index (Phi) is 6.83. The summed E-state index contributed by atoms with van der Waals surface area (Å²) in [5.41, 5.74) is 2.23. The van der Waals surface area contributed by atoms with E-state index in [0.717, 1.165) is 34.6 Å². The molecule has 0 bridgehead atoms. The van der Waals surface area contributed by atoms with Gasteiger partial charge in [0.15, 0.2) is 0 Å². The molecule has 0 radical (unpaired) electrons. The van der Waals surface area contributed by atoms with Crippen molar-refractivity contribution in [2.24, 2.45) is 0 Å². The number of hydrogen-bond acceptors (Lipinski definition) is 2. The summed E-state index contributed by atoms with van der Waals surface area (Å²) in [6, 6.07) is 18.2. The number of nitrogens with zero attached hydrogens (tertiary/aromatic N) is 2. The maximum Gasteiger partial charge on any atom is 0.0915 e. The van der Waals surface area contributed by atoms with Gasteiger partial charge >= 0.3 is 0 Å². The number of fused-ring (bicyclic) bond motifs is 1. The molecule has 0 spiro atoms. The van der Waals surface area contributed by atoms with Crippen LogP contribution in [0.3, 0.4) is 0 Å². The molecule has 3 nitrogen and oxygen atoms in total. The van der Waals surface area contributed by atoms with Gasteiger partial charge in [-0.15, -0.1) is 12.4 Å². The molecule has 1 aromatic heterocycles. The van der Waals surface area contributed by atoms with Crippen molar-refractivity contribution in [3.05, 3.63) is 71.4 Å². The SMILES string of the molecule is Cl.O[C@H](CN1CCCCC1)[C@H](c1ccccc1)n1ccc2cc(Cl)ccc21. The fourth-order valence-electron chi connectivity index (χ4n) is 4.10. The van der Waals surface area contributed by atoms with Gasteiger partial charge in [0.25, 0.3) is 0 Å².